The van der Waals surface area contributed by atoms with Crippen molar-refractivity contribution < 1.29 is 24.6 Å². The standard InChI is InChI=1S/C28H40O5/c1-16(25(31)32)7-6-13-28(5,33)23-12-14-26(3)20-10-8-18-17(2)21(29)11-9-19(18)24(20)22(30)15-27(23,26)4/h7,19-20,23-24,33H,6,8-15H2,1-5H3,(H,31,32)/b16-7+/t19-,20+,23-,24+,26-,27+,28-/m0/s1. The molecule has 0 bridgehead atoms. The lowest BCUT2D eigenvalue weighted by atomic mass is 9.43. The van der Waals surface area contributed by atoms with Crippen molar-refractivity contribution in [2.75, 3.05) is 0 Å². The van der Waals surface area contributed by atoms with Crippen LogP contribution in [0.4, 0.5) is 0 Å². The van der Waals surface area contributed by atoms with Crippen LogP contribution in [0.2, 0.25) is 0 Å². The molecule has 0 radical (unpaired) electrons. The van der Waals surface area contributed by atoms with E-state index in [-0.39, 0.29) is 34.4 Å². The van der Waals surface area contributed by atoms with Crippen molar-refractivity contribution >= 4 is 17.5 Å². The Kier molecular flexibility index (Phi) is 6.04. The first-order valence-electron chi connectivity index (χ1n) is 12.7. The smallest absolute Gasteiger partial charge is 0.330 e. The number of ketones is 2. The van der Waals surface area contributed by atoms with Crippen LogP contribution in [0.15, 0.2) is 22.8 Å². The van der Waals surface area contributed by atoms with Gasteiger partial charge in [0.05, 0.1) is 5.60 Å². The number of allylic oxidation sites excluding steroid dienone is 2. The lowest BCUT2D eigenvalue weighted by Gasteiger charge is -2.60. The maximum atomic E-state index is 13.7. The fraction of sp³-hybridized carbons (Fsp3) is 0.750. The molecule has 0 amide bonds. The van der Waals surface area contributed by atoms with Crippen molar-refractivity contribution in [1.29, 1.82) is 0 Å². The quantitative estimate of drug-likeness (QED) is 0.550. The fourth-order valence-electron chi connectivity index (χ4n) is 8.51. The predicted octanol–water partition coefficient (Wildman–Crippen LogP) is 5.27. The summed E-state index contributed by atoms with van der Waals surface area (Å²) in [6.45, 7) is 10.0. The first-order chi connectivity index (χ1) is 15.3. The molecule has 3 fully saturated rings. The number of hydrogen-bond acceptors (Lipinski definition) is 4. The van der Waals surface area contributed by atoms with Gasteiger partial charge in [-0.25, -0.2) is 4.79 Å². The van der Waals surface area contributed by atoms with Gasteiger partial charge in [0.25, 0.3) is 0 Å². The highest BCUT2D eigenvalue weighted by Gasteiger charge is 2.67. The third-order valence-corrected chi connectivity index (χ3v) is 10.6. The molecule has 0 aromatic carbocycles. The molecule has 4 aliphatic carbocycles. The van der Waals surface area contributed by atoms with Gasteiger partial charge in [0.15, 0.2) is 5.78 Å². The minimum absolute atomic E-state index is 0.00467. The van der Waals surface area contributed by atoms with E-state index in [0.29, 0.717) is 43.0 Å². The van der Waals surface area contributed by atoms with Crippen molar-refractivity contribution in [3.63, 3.8) is 0 Å². The van der Waals surface area contributed by atoms with Crippen LogP contribution in [-0.2, 0) is 14.4 Å². The normalized spacial score (nSPS) is 40.7. The fourth-order valence-corrected chi connectivity index (χ4v) is 8.51. The number of carbonyl (C=O) groups is 3. The Morgan fingerprint density at radius 1 is 1.15 bits per heavy atom. The maximum absolute atomic E-state index is 13.7. The second kappa shape index (κ2) is 8.18. The van der Waals surface area contributed by atoms with Gasteiger partial charge in [-0.05, 0) is 99.9 Å². The highest BCUT2D eigenvalue weighted by atomic mass is 16.4. The summed E-state index contributed by atoms with van der Waals surface area (Å²) >= 11 is 0. The Morgan fingerprint density at radius 3 is 2.52 bits per heavy atom. The largest absolute Gasteiger partial charge is 0.478 e. The molecule has 0 unspecified atom stereocenters. The van der Waals surface area contributed by atoms with E-state index in [1.54, 1.807) is 13.0 Å². The number of aliphatic carboxylic acids is 1. The summed E-state index contributed by atoms with van der Waals surface area (Å²) in [6.07, 6.45) is 8.33. The van der Waals surface area contributed by atoms with Crippen molar-refractivity contribution in [3.05, 3.63) is 22.8 Å². The molecular formula is C28H40O5. The second-order valence-electron chi connectivity index (χ2n) is 12.0. The first-order valence-corrected chi connectivity index (χ1v) is 12.7. The van der Waals surface area contributed by atoms with Crippen LogP contribution in [0.5, 0.6) is 0 Å². The van der Waals surface area contributed by atoms with Gasteiger partial charge in [-0.3, -0.25) is 9.59 Å². The van der Waals surface area contributed by atoms with Gasteiger partial charge < -0.3 is 10.2 Å². The Balaban J connectivity index is 1.61. The van der Waals surface area contributed by atoms with E-state index in [9.17, 15) is 19.5 Å². The first kappa shape index (κ1) is 24.4. The Labute approximate surface area is 197 Å². The van der Waals surface area contributed by atoms with Crippen molar-refractivity contribution in [2.24, 2.45) is 34.5 Å². The molecule has 3 saturated carbocycles. The van der Waals surface area contributed by atoms with Crippen LogP contribution in [-0.4, -0.2) is 33.3 Å². The molecule has 4 aliphatic rings. The van der Waals surface area contributed by atoms with E-state index in [1.165, 1.54) is 5.57 Å². The zero-order valence-corrected chi connectivity index (χ0v) is 20.9. The molecular weight excluding hydrogens is 416 g/mol. The molecule has 4 rings (SSSR count). The molecule has 7 atom stereocenters. The van der Waals surface area contributed by atoms with Gasteiger partial charge in [-0.1, -0.05) is 25.5 Å². The molecule has 0 aliphatic heterocycles. The number of rotatable bonds is 5. The maximum Gasteiger partial charge on any atom is 0.330 e. The molecule has 0 aromatic rings. The third kappa shape index (κ3) is 3.66. The van der Waals surface area contributed by atoms with Crippen LogP contribution in [0.1, 0.15) is 92.4 Å². The summed E-state index contributed by atoms with van der Waals surface area (Å²) in [6, 6.07) is 0. The molecule has 0 saturated heterocycles. The van der Waals surface area contributed by atoms with Gasteiger partial charge in [0, 0.05) is 24.3 Å². The molecule has 5 nitrogen and oxygen atoms in total. The number of carbonyl (C=O) groups excluding carboxylic acids is 2. The Bertz CT molecular complexity index is 940. The molecule has 0 spiro atoms. The minimum atomic E-state index is -0.956. The third-order valence-electron chi connectivity index (χ3n) is 10.6. The van der Waals surface area contributed by atoms with Crippen molar-refractivity contribution in [1.82, 2.24) is 0 Å². The predicted molar refractivity (Wildman–Crippen MR) is 126 cm³/mol. The van der Waals surface area contributed by atoms with Gasteiger partial charge in [-0.2, -0.15) is 0 Å². The minimum Gasteiger partial charge on any atom is -0.478 e. The zero-order chi connectivity index (χ0) is 24.3. The van der Waals surface area contributed by atoms with Crippen LogP contribution in [0.25, 0.3) is 0 Å². The van der Waals surface area contributed by atoms with Gasteiger partial charge in [0.1, 0.15) is 5.78 Å². The zero-order valence-electron chi connectivity index (χ0n) is 20.9. The summed E-state index contributed by atoms with van der Waals surface area (Å²) < 4.78 is 0. The summed E-state index contributed by atoms with van der Waals surface area (Å²) in [4.78, 5) is 37.2. The van der Waals surface area contributed by atoms with E-state index in [4.69, 9.17) is 5.11 Å². The summed E-state index contributed by atoms with van der Waals surface area (Å²) in [5.74, 6) is 0.193. The molecule has 0 aromatic heterocycles. The van der Waals surface area contributed by atoms with E-state index in [1.807, 2.05) is 13.8 Å². The highest BCUT2D eigenvalue weighted by Crippen LogP contribution is 2.71. The van der Waals surface area contributed by atoms with Crippen molar-refractivity contribution in [3.8, 4) is 0 Å². The van der Waals surface area contributed by atoms with Crippen LogP contribution in [0, 0.1) is 34.5 Å². The monoisotopic (exact) mass is 456 g/mol. The van der Waals surface area contributed by atoms with Crippen LogP contribution in [0.3, 0.4) is 0 Å². The molecule has 5 heteroatoms. The van der Waals surface area contributed by atoms with Crippen LogP contribution >= 0.6 is 0 Å². The Morgan fingerprint density at radius 2 is 1.85 bits per heavy atom. The van der Waals surface area contributed by atoms with E-state index < -0.39 is 11.6 Å². The number of aliphatic hydroxyl groups is 1. The summed E-state index contributed by atoms with van der Waals surface area (Å²) in [5, 5.41) is 20.7. The summed E-state index contributed by atoms with van der Waals surface area (Å²) in [5.41, 5.74) is 1.21. The van der Waals surface area contributed by atoms with Crippen LogP contribution < -0.4 is 0 Å². The number of carboxylic acid groups (broad SMARTS) is 1. The average molecular weight is 457 g/mol. The van der Waals surface area contributed by atoms with E-state index in [2.05, 4.69) is 13.8 Å². The lowest BCUT2D eigenvalue weighted by molar-refractivity contribution is -0.162. The van der Waals surface area contributed by atoms with Gasteiger partial charge in [0.2, 0.25) is 0 Å². The summed E-state index contributed by atoms with van der Waals surface area (Å²) in [7, 11) is 0. The number of carboxylic acids is 1. The van der Waals surface area contributed by atoms with E-state index >= 15 is 0 Å². The second-order valence-corrected chi connectivity index (χ2v) is 12.0. The van der Waals surface area contributed by atoms with E-state index in [0.717, 1.165) is 37.7 Å². The topological polar surface area (TPSA) is 91.7 Å². The SMILES string of the molecule is CC1=C2CC[C@@H]3[C@H](C(=O)C[C@]4(C)[C@@H]([C@@](C)(O)CC/C=C(\C)C(=O)O)CC[C@@]34C)[C@H]2CCC1=O. The molecule has 33 heavy (non-hydrogen) atoms. The van der Waals surface area contributed by atoms with Gasteiger partial charge >= 0.3 is 5.97 Å². The number of hydrogen-bond donors (Lipinski definition) is 2. The average Bonchev–Trinajstić information content (AvgIpc) is 3.02. The van der Waals surface area contributed by atoms with Gasteiger partial charge in [-0.15, -0.1) is 0 Å². The molecule has 2 N–H and O–H groups in total. The molecule has 182 valence electrons. The molecule has 0 heterocycles. The number of Topliss-reactive ketones (excluding diaryl/α,β-unsaturated/α-hetero) is 2. The Hall–Kier alpha value is -1.75. The number of fused-ring (bicyclic) bond motifs is 5. The lowest BCUT2D eigenvalue weighted by Crippen LogP contribution is -2.59. The van der Waals surface area contributed by atoms with Crippen molar-refractivity contribution in [2.45, 2.75) is 98.0 Å². The highest BCUT2D eigenvalue weighted by molar-refractivity contribution is 5.97.